The van der Waals surface area contributed by atoms with E-state index in [4.69, 9.17) is 0 Å². The molecule has 1 aromatic rings. The number of nitrogens with one attached hydrogen (secondary N) is 1. The van der Waals surface area contributed by atoms with Gasteiger partial charge in [0.2, 0.25) is 0 Å². The summed E-state index contributed by atoms with van der Waals surface area (Å²) in [6.07, 6.45) is 8.10. The van der Waals surface area contributed by atoms with Crippen LogP contribution in [0.2, 0.25) is 0 Å². The van der Waals surface area contributed by atoms with Crippen LogP contribution in [0.1, 0.15) is 43.2 Å². The fraction of sp³-hybridized carbons (Fsp3) is 0.625. The summed E-state index contributed by atoms with van der Waals surface area (Å²) in [5.41, 5.74) is 4.43. The summed E-state index contributed by atoms with van der Waals surface area (Å²) in [7, 11) is 2.20. The molecule has 0 atom stereocenters. The Morgan fingerprint density at radius 1 is 1.22 bits per heavy atom. The standard InChI is InChI=1S/C16H24N2/c1-18-10-4-5-14-11-13(8-9-16(14)18)12-17-15-6-2-3-7-15/h8-9,11,15,17H,2-7,10,12H2,1H3. The summed E-state index contributed by atoms with van der Waals surface area (Å²) in [6, 6.07) is 7.78. The summed E-state index contributed by atoms with van der Waals surface area (Å²) < 4.78 is 0. The molecule has 2 nitrogen and oxygen atoms in total. The van der Waals surface area contributed by atoms with Crippen molar-refractivity contribution in [3.8, 4) is 0 Å². The zero-order chi connectivity index (χ0) is 12.4. The van der Waals surface area contributed by atoms with E-state index in [1.807, 2.05) is 0 Å². The lowest BCUT2D eigenvalue weighted by Crippen LogP contribution is -2.26. The van der Waals surface area contributed by atoms with E-state index in [0.29, 0.717) is 0 Å². The van der Waals surface area contributed by atoms with Crippen molar-refractivity contribution in [3.63, 3.8) is 0 Å². The van der Waals surface area contributed by atoms with Crippen LogP contribution in [0.3, 0.4) is 0 Å². The first-order valence-corrected chi connectivity index (χ1v) is 7.39. The number of hydrogen-bond donors (Lipinski definition) is 1. The second-order valence-corrected chi connectivity index (χ2v) is 5.85. The molecule has 1 saturated carbocycles. The molecule has 0 radical (unpaired) electrons. The van der Waals surface area contributed by atoms with E-state index in [2.05, 4.69) is 35.5 Å². The normalized spacial score (nSPS) is 20.2. The topological polar surface area (TPSA) is 15.3 Å². The van der Waals surface area contributed by atoms with Crippen LogP contribution >= 0.6 is 0 Å². The first kappa shape index (κ1) is 12.0. The van der Waals surface area contributed by atoms with Crippen molar-refractivity contribution in [2.75, 3.05) is 18.5 Å². The fourth-order valence-corrected chi connectivity index (χ4v) is 3.34. The second kappa shape index (κ2) is 5.31. The molecule has 1 heterocycles. The van der Waals surface area contributed by atoms with E-state index in [1.165, 1.54) is 61.9 Å². The van der Waals surface area contributed by atoms with Gasteiger partial charge in [0.25, 0.3) is 0 Å². The summed E-state index contributed by atoms with van der Waals surface area (Å²) >= 11 is 0. The van der Waals surface area contributed by atoms with Crippen molar-refractivity contribution in [1.82, 2.24) is 5.32 Å². The highest BCUT2D eigenvalue weighted by Gasteiger charge is 2.16. The van der Waals surface area contributed by atoms with Crippen LogP contribution in [-0.2, 0) is 13.0 Å². The number of fused-ring (bicyclic) bond motifs is 1. The Hall–Kier alpha value is -1.02. The molecule has 2 aliphatic rings. The summed E-state index contributed by atoms with van der Waals surface area (Å²) in [4.78, 5) is 2.38. The molecule has 0 unspecified atom stereocenters. The molecule has 0 amide bonds. The van der Waals surface area contributed by atoms with Crippen molar-refractivity contribution in [3.05, 3.63) is 29.3 Å². The molecule has 18 heavy (non-hydrogen) atoms. The molecule has 2 heteroatoms. The van der Waals surface area contributed by atoms with Crippen LogP contribution < -0.4 is 10.2 Å². The van der Waals surface area contributed by atoms with Crippen LogP contribution in [0.15, 0.2) is 18.2 Å². The molecule has 1 N–H and O–H groups in total. The number of anilines is 1. The fourth-order valence-electron chi connectivity index (χ4n) is 3.34. The lowest BCUT2D eigenvalue weighted by atomic mass is 9.99. The smallest absolute Gasteiger partial charge is 0.0396 e. The lowest BCUT2D eigenvalue weighted by molar-refractivity contribution is 0.524. The molecule has 0 saturated heterocycles. The predicted octanol–water partition coefficient (Wildman–Crippen LogP) is 3.10. The molecule has 0 bridgehead atoms. The highest BCUT2D eigenvalue weighted by Crippen LogP contribution is 2.27. The maximum absolute atomic E-state index is 3.70. The van der Waals surface area contributed by atoms with Crippen molar-refractivity contribution in [2.24, 2.45) is 0 Å². The molecular weight excluding hydrogens is 220 g/mol. The predicted molar refractivity (Wildman–Crippen MR) is 77.1 cm³/mol. The SMILES string of the molecule is CN1CCCc2cc(CNC3CCCC3)ccc21. The number of benzene rings is 1. The van der Waals surface area contributed by atoms with E-state index in [-0.39, 0.29) is 0 Å². The molecule has 0 spiro atoms. The van der Waals surface area contributed by atoms with Gasteiger partial charge in [-0.15, -0.1) is 0 Å². The van der Waals surface area contributed by atoms with Gasteiger partial charge in [-0.3, -0.25) is 0 Å². The van der Waals surface area contributed by atoms with Gasteiger partial charge < -0.3 is 10.2 Å². The minimum Gasteiger partial charge on any atom is -0.374 e. The van der Waals surface area contributed by atoms with E-state index in [0.717, 1.165) is 12.6 Å². The summed E-state index contributed by atoms with van der Waals surface area (Å²) in [5, 5.41) is 3.70. The summed E-state index contributed by atoms with van der Waals surface area (Å²) in [6.45, 7) is 2.24. The lowest BCUT2D eigenvalue weighted by Gasteiger charge is -2.28. The molecule has 1 aliphatic heterocycles. The number of rotatable bonds is 3. The zero-order valence-corrected chi connectivity index (χ0v) is 11.4. The van der Waals surface area contributed by atoms with Crippen LogP contribution in [0.25, 0.3) is 0 Å². The first-order chi connectivity index (χ1) is 8.83. The Morgan fingerprint density at radius 2 is 2.06 bits per heavy atom. The monoisotopic (exact) mass is 244 g/mol. The summed E-state index contributed by atoms with van der Waals surface area (Å²) in [5.74, 6) is 0. The van der Waals surface area contributed by atoms with Crippen LogP contribution in [0, 0.1) is 0 Å². The van der Waals surface area contributed by atoms with E-state index in [1.54, 1.807) is 0 Å². The third kappa shape index (κ3) is 2.54. The quantitative estimate of drug-likeness (QED) is 0.879. The largest absolute Gasteiger partial charge is 0.374 e. The highest BCUT2D eigenvalue weighted by molar-refractivity contribution is 5.56. The van der Waals surface area contributed by atoms with Gasteiger partial charge in [-0.25, -0.2) is 0 Å². The second-order valence-electron chi connectivity index (χ2n) is 5.85. The van der Waals surface area contributed by atoms with E-state index < -0.39 is 0 Å². The Balaban J connectivity index is 1.66. The van der Waals surface area contributed by atoms with Crippen LogP contribution in [0.5, 0.6) is 0 Å². The van der Waals surface area contributed by atoms with Crippen molar-refractivity contribution < 1.29 is 0 Å². The molecule has 1 aromatic carbocycles. The first-order valence-electron chi connectivity index (χ1n) is 7.39. The van der Waals surface area contributed by atoms with Gasteiger partial charge in [-0.2, -0.15) is 0 Å². The number of hydrogen-bond acceptors (Lipinski definition) is 2. The van der Waals surface area contributed by atoms with Gasteiger partial charge in [0.05, 0.1) is 0 Å². The van der Waals surface area contributed by atoms with Gasteiger partial charge >= 0.3 is 0 Å². The molecule has 1 aliphatic carbocycles. The van der Waals surface area contributed by atoms with Gasteiger partial charge in [0.1, 0.15) is 0 Å². The Labute approximate surface area is 110 Å². The van der Waals surface area contributed by atoms with Crippen molar-refractivity contribution >= 4 is 5.69 Å². The average Bonchev–Trinajstić information content (AvgIpc) is 2.90. The van der Waals surface area contributed by atoms with Crippen molar-refractivity contribution in [1.29, 1.82) is 0 Å². The molecule has 3 rings (SSSR count). The third-order valence-corrected chi connectivity index (χ3v) is 4.44. The molecule has 0 aromatic heterocycles. The maximum atomic E-state index is 3.70. The molecule has 98 valence electrons. The highest BCUT2D eigenvalue weighted by atomic mass is 15.1. The van der Waals surface area contributed by atoms with Gasteiger partial charge in [0, 0.05) is 31.9 Å². The minimum atomic E-state index is 0.767. The zero-order valence-electron chi connectivity index (χ0n) is 11.4. The number of nitrogens with zero attached hydrogens (tertiary/aromatic N) is 1. The van der Waals surface area contributed by atoms with Gasteiger partial charge in [-0.05, 0) is 42.9 Å². The van der Waals surface area contributed by atoms with Gasteiger partial charge in [0.15, 0.2) is 0 Å². The van der Waals surface area contributed by atoms with Crippen LogP contribution in [0.4, 0.5) is 5.69 Å². The Bertz CT molecular complexity index is 408. The average molecular weight is 244 g/mol. The van der Waals surface area contributed by atoms with Crippen molar-refractivity contribution in [2.45, 2.75) is 51.1 Å². The Kier molecular flexibility index (Phi) is 3.55. The number of aryl methyl sites for hydroxylation is 1. The van der Waals surface area contributed by atoms with E-state index in [9.17, 15) is 0 Å². The van der Waals surface area contributed by atoms with Gasteiger partial charge in [-0.1, -0.05) is 25.0 Å². The van der Waals surface area contributed by atoms with Crippen LogP contribution in [-0.4, -0.2) is 19.6 Å². The van der Waals surface area contributed by atoms with E-state index >= 15 is 0 Å². The third-order valence-electron chi connectivity index (χ3n) is 4.44. The molecular formula is C16H24N2. The minimum absolute atomic E-state index is 0.767. The Morgan fingerprint density at radius 3 is 2.89 bits per heavy atom. The molecule has 1 fully saturated rings. The maximum Gasteiger partial charge on any atom is 0.0396 e.